The van der Waals surface area contributed by atoms with E-state index < -0.39 is 5.91 Å². The minimum Gasteiger partial charge on any atom is -0.368 e. The maximum absolute atomic E-state index is 12.3. The van der Waals surface area contributed by atoms with Crippen LogP contribution in [0.1, 0.15) is 46.0 Å². The Balaban J connectivity index is 2.48. The molecule has 0 aromatic carbocycles. The van der Waals surface area contributed by atoms with E-state index in [4.69, 9.17) is 5.73 Å². The Bertz CT molecular complexity index is 314. The van der Waals surface area contributed by atoms with Crippen molar-refractivity contribution in [3.05, 3.63) is 0 Å². The minimum atomic E-state index is -0.429. The number of primary amides is 1. The molecule has 116 valence electrons. The summed E-state index contributed by atoms with van der Waals surface area (Å²) in [5.41, 5.74) is 5.23. The lowest BCUT2D eigenvalue weighted by Gasteiger charge is -2.30. The fraction of sp³-hybridized carbons (Fsp3) is 0.867. The van der Waals surface area contributed by atoms with Gasteiger partial charge in [0.15, 0.2) is 0 Å². The highest BCUT2D eigenvalue weighted by atomic mass is 16.2. The number of amides is 2. The van der Waals surface area contributed by atoms with Crippen molar-refractivity contribution in [1.29, 1.82) is 0 Å². The van der Waals surface area contributed by atoms with Gasteiger partial charge < -0.3 is 16.0 Å². The largest absolute Gasteiger partial charge is 0.368 e. The van der Waals surface area contributed by atoms with Crippen LogP contribution >= 0.6 is 0 Å². The van der Waals surface area contributed by atoms with Crippen LogP contribution in [0.4, 0.5) is 0 Å². The molecule has 1 aliphatic heterocycles. The molecule has 1 fully saturated rings. The molecule has 1 aliphatic rings. The molecule has 2 amide bonds. The molecule has 3 N–H and O–H groups in total. The fourth-order valence-corrected chi connectivity index (χ4v) is 2.76. The molecule has 0 spiro atoms. The van der Waals surface area contributed by atoms with Crippen LogP contribution in [0, 0.1) is 11.8 Å². The second-order valence-electron chi connectivity index (χ2n) is 5.92. The van der Waals surface area contributed by atoms with Gasteiger partial charge in [0, 0.05) is 13.0 Å². The Hall–Kier alpha value is -1.10. The number of carbonyl (C=O) groups excluding carboxylic acids is 2. The van der Waals surface area contributed by atoms with E-state index in [0.717, 1.165) is 25.9 Å². The Morgan fingerprint density at radius 1 is 1.45 bits per heavy atom. The number of nitrogens with one attached hydrogen (secondary N) is 1. The van der Waals surface area contributed by atoms with E-state index in [2.05, 4.69) is 19.2 Å². The second-order valence-corrected chi connectivity index (χ2v) is 5.92. The van der Waals surface area contributed by atoms with Gasteiger partial charge in [0.1, 0.15) is 0 Å². The van der Waals surface area contributed by atoms with Crippen molar-refractivity contribution >= 4 is 11.8 Å². The maximum atomic E-state index is 12.3. The van der Waals surface area contributed by atoms with Crippen molar-refractivity contribution in [2.24, 2.45) is 17.6 Å². The van der Waals surface area contributed by atoms with Gasteiger partial charge in [-0.2, -0.15) is 0 Å². The molecule has 5 nitrogen and oxygen atoms in total. The highest BCUT2D eigenvalue weighted by Crippen LogP contribution is 2.23. The van der Waals surface area contributed by atoms with Crippen LogP contribution in [0.25, 0.3) is 0 Å². The Kier molecular flexibility index (Phi) is 7.59. The van der Waals surface area contributed by atoms with Crippen LogP contribution in [0.15, 0.2) is 0 Å². The first kappa shape index (κ1) is 17.0. The lowest BCUT2D eigenvalue weighted by molar-refractivity contribution is -0.136. The van der Waals surface area contributed by atoms with Gasteiger partial charge >= 0.3 is 0 Å². The summed E-state index contributed by atoms with van der Waals surface area (Å²) in [5.74, 6) is 0.554. The van der Waals surface area contributed by atoms with Gasteiger partial charge in [0.05, 0.1) is 6.54 Å². The van der Waals surface area contributed by atoms with Gasteiger partial charge in [0.25, 0.3) is 0 Å². The second kappa shape index (κ2) is 8.95. The number of nitrogens with zero attached hydrogens (tertiary/aromatic N) is 1. The van der Waals surface area contributed by atoms with Gasteiger partial charge in [0.2, 0.25) is 11.8 Å². The molecular formula is C15H29N3O2. The number of unbranched alkanes of at least 4 members (excludes halogenated alkanes) is 1. The molecule has 2 atom stereocenters. The van der Waals surface area contributed by atoms with Gasteiger partial charge in [-0.15, -0.1) is 0 Å². The topological polar surface area (TPSA) is 75.4 Å². The third-order valence-corrected chi connectivity index (χ3v) is 4.12. The molecule has 0 aromatic rings. The number of hydrogen-bond acceptors (Lipinski definition) is 3. The molecule has 5 heteroatoms. The Morgan fingerprint density at radius 2 is 2.20 bits per heavy atom. The average Bonchev–Trinajstić information content (AvgIpc) is 2.43. The van der Waals surface area contributed by atoms with Crippen molar-refractivity contribution in [2.45, 2.75) is 46.0 Å². The maximum Gasteiger partial charge on any atom is 0.237 e. The third kappa shape index (κ3) is 5.90. The van der Waals surface area contributed by atoms with Gasteiger partial charge in [-0.05, 0) is 44.2 Å². The monoisotopic (exact) mass is 283 g/mol. The number of nitrogens with two attached hydrogens (primary N) is 1. The number of carbonyl (C=O) groups is 2. The predicted molar refractivity (Wildman–Crippen MR) is 80.1 cm³/mol. The SMILES string of the molecule is CCCCN(CC(N)=O)C(=O)CC(C)C1CCCNC1. The molecule has 0 radical (unpaired) electrons. The van der Waals surface area contributed by atoms with E-state index in [1.165, 1.54) is 12.8 Å². The van der Waals surface area contributed by atoms with Crippen LogP contribution in [0.2, 0.25) is 0 Å². The summed E-state index contributed by atoms with van der Waals surface area (Å²) in [6.07, 6.45) is 4.81. The standard InChI is InChI=1S/C15H29N3O2/c1-3-4-8-18(11-14(16)19)15(20)9-12(2)13-6-5-7-17-10-13/h12-13,17H,3-11H2,1-2H3,(H2,16,19). The van der Waals surface area contributed by atoms with Gasteiger partial charge in [-0.1, -0.05) is 20.3 Å². The summed E-state index contributed by atoms with van der Waals surface area (Å²) in [4.78, 5) is 25.0. The Morgan fingerprint density at radius 3 is 2.75 bits per heavy atom. The van der Waals surface area contributed by atoms with Crippen LogP contribution in [-0.2, 0) is 9.59 Å². The highest BCUT2D eigenvalue weighted by molar-refractivity contribution is 5.83. The van der Waals surface area contributed by atoms with Crippen molar-refractivity contribution in [3.8, 4) is 0 Å². The average molecular weight is 283 g/mol. The molecule has 0 saturated carbocycles. The molecule has 1 heterocycles. The molecule has 1 rings (SSSR count). The molecule has 0 aliphatic carbocycles. The van der Waals surface area contributed by atoms with E-state index in [-0.39, 0.29) is 12.5 Å². The summed E-state index contributed by atoms with van der Waals surface area (Å²) in [5, 5.41) is 3.39. The van der Waals surface area contributed by atoms with Gasteiger partial charge in [-0.25, -0.2) is 0 Å². The zero-order chi connectivity index (χ0) is 15.0. The van der Waals surface area contributed by atoms with Crippen LogP contribution in [-0.4, -0.2) is 42.9 Å². The van der Waals surface area contributed by atoms with Crippen LogP contribution in [0.5, 0.6) is 0 Å². The first-order valence-electron chi connectivity index (χ1n) is 7.81. The van der Waals surface area contributed by atoms with E-state index in [0.29, 0.717) is 24.8 Å². The first-order valence-corrected chi connectivity index (χ1v) is 7.81. The van der Waals surface area contributed by atoms with E-state index in [9.17, 15) is 9.59 Å². The van der Waals surface area contributed by atoms with Crippen molar-refractivity contribution in [2.75, 3.05) is 26.2 Å². The highest BCUT2D eigenvalue weighted by Gasteiger charge is 2.24. The summed E-state index contributed by atoms with van der Waals surface area (Å²) in [6.45, 7) is 6.98. The predicted octanol–water partition coefficient (Wildman–Crippen LogP) is 1.13. The molecule has 0 aromatic heterocycles. The van der Waals surface area contributed by atoms with Gasteiger partial charge in [-0.3, -0.25) is 9.59 Å². The van der Waals surface area contributed by atoms with Crippen LogP contribution < -0.4 is 11.1 Å². The molecule has 2 unspecified atom stereocenters. The summed E-state index contributed by atoms with van der Waals surface area (Å²) >= 11 is 0. The fourth-order valence-electron chi connectivity index (χ4n) is 2.76. The normalized spacial score (nSPS) is 20.4. The van der Waals surface area contributed by atoms with Crippen molar-refractivity contribution in [1.82, 2.24) is 10.2 Å². The summed E-state index contributed by atoms with van der Waals surface area (Å²) in [6, 6.07) is 0. The zero-order valence-corrected chi connectivity index (χ0v) is 12.9. The van der Waals surface area contributed by atoms with Crippen LogP contribution in [0.3, 0.4) is 0 Å². The third-order valence-electron chi connectivity index (χ3n) is 4.12. The first-order chi connectivity index (χ1) is 9.54. The van der Waals surface area contributed by atoms with E-state index >= 15 is 0 Å². The number of hydrogen-bond donors (Lipinski definition) is 2. The lowest BCUT2D eigenvalue weighted by atomic mass is 9.85. The molecule has 0 bridgehead atoms. The smallest absolute Gasteiger partial charge is 0.237 e. The van der Waals surface area contributed by atoms with E-state index in [1.54, 1.807) is 4.90 Å². The van der Waals surface area contributed by atoms with Crippen molar-refractivity contribution in [3.63, 3.8) is 0 Å². The number of rotatable bonds is 8. The lowest BCUT2D eigenvalue weighted by Crippen LogP contribution is -2.41. The van der Waals surface area contributed by atoms with Crippen molar-refractivity contribution < 1.29 is 9.59 Å². The van der Waals surface area contributed by atoms with E-state index in [1.807, 2.05) is 0 Å². The zero-order valence-electron chi connectivity index (χ0n) is 12.9. The summed E-state index contributed by atoms with van der Waals surface area (Å²) < 4.78 is 0. The number of piperidine rings is 1. The molecule has 20 heavy (non-hydrogen) atoms. The quantitative estimate of drug-likeness (QED) is 0.701. The molecule has 1 saturated heterocycles. The Labute approximate surface area is 122 Å². The molecular weight excluding hydrogens is 254 g/mol. The minimum absolute atomic E-state index is 0.0501. The summed E-state index contributed by atoms with van der Waals surface area (Å²) in [7, 11) is 0.